The van der Waals surface area contributed by atoms with Gasteiger partial charge in [0.15, 0.2) is 5.82 Å². The van der Waals surface area contributed by atoms with Crippen molar-refractivity contribution in [2.45, 2.75) is 25.3 Å². The molecule has 5 heteroatoms. The van der Waals surface area contributed by atoms with Crippen LogP contribution in [0.1, 0.15) is 31.1 Å². The van der Waals surface area contributed by atoms with Gasteiger partial charge in [-0.3, -0.25) is 0 Å². The third-order valence-corrected chi connectivity index (χ3v) is 3.68. The number of piperidine rings is 1. The van der Waals surface area contributed by atoms with E-state index in [-0.39, 0.29) is 6.04 Å². The molecule has 1 aromatic heterocycles. The molecule has 1 N–H and O–H groups in total. The molecular weight excluding hydrogens is 294 g/mol. The lowest BCUT2D eigenvalue weighted by Crippen LogP contribution is -2.27. The van der Waals surface area contributed by atoms with Crippen LogP contribution in [0.4, 0.5) is 0 Å². The number of aromatic nitrogens is 2. The summed E-state index contributed by atoms with van der Waals surface area (Å²) in [7, 11) is 0. The smallest absolute Gasteiger partial charge is 0.257 e. The van der Waals surface area contributed by atoms with Gasteiger partial charge in [-0.15, -0.1) is 0 Å². The molecule has 0 saturated carbocycles. The number of nitrogens with one attached hydrogen (secondary N) is 1. The van der Waals surface area contributed by atoms with Crippen molar-refractivity contribution >= 4 is 15.9 Å². The molecule has 3 rings (SSSR count). The zero-order valence-corrected chi connectivity index (χ0v) is 11.5. The van der Waals surface area contributed by atoms with E-state index < -0.39 is 0 Å². The largest absolute Gasteiger partial charge is 0.334 e. The molecule has 1 aliphatic heterocycles. The monoisotopic (exact) mass is 307 g/mol. The number of hydrogen-bond acceptors (Lipinski definition) is 4. The van der Waals surface area contributed by atoms with Gasteiger partial charge in [0, 0.05) is 10.0 Å². The summed E-state index contributed by atoms with van der Waals surface area (Å²) in [6, 6.07) is 8.12. The van der Waals surface area contributed by atoms with Crippen molar-refractivity contribution in [2.24, 2.45) is 0 Å². The maximum atomic E-state index is 5.33. The van der Waals surface area contributed by atoms with E-state index in [4.69, 9.17) is 4.52 Å². The second kappa shape index (κ2) is 5.20. The maximum Gasteiger partial charge on any atom is 0.257 e. The zero-order chi connectivity index (χ0) is 12.4. The summed E-state index contributed by atoms with van der Waals surface area (Å²) in [6.45, 7) is 1.03. The Bertz CT molecular complexity index is 517. The van der Waals surface area contributed by atoms with Crippen molar-refractivity contribution in [1.82, 2.24) is 15.5 Å². The van der Waals surface area contributed by atoms with E-state index in [2.05, 4.69) is 31.4 Å². The molecule has 1 saturated heterocycles. The van der Waals surface area contributed by atoms with Crippen LogP contribution in [0.3, 0.4) is 0 Å². The molecule has 1 atom stereocenters. The van der Waals surface area contributed by atoms with Crippen molar-refractivity contribution in [3.63, 3.8) is 0 Å². The topological polar surface area (TPSA) is 51.0 Å². The van der Waals surface area contributed by atoms with Gasteiger partial charge in [0.2, 0.25) is 0 Å². The standard InChI is InChI=1S/C13H14BrN3O/c14-10-6-4-9(5-7-10)13-16-12(17-18-13)11-3-1-2-8-15-11/h4-7,11,15H,1-3,8H2/t11-/m1/s1. The Hall–Kier alpha value is -1.20. The predicted molar refractivity (Wildman–Crippen MR) is 72.0 cm³/mol. The van der Waals surface area contributed by atoms with Gasteiger partial charge in [-0.25, -0.2) is 0 Å². The summed E-state index contributed by atoms with van der Waals surface area (Å²) >= 11 is 3.41. The Morgan fingerprint density at radius 1 is 1.22 bits per heavy atom. The van der Waals surface area contributed by atoms with Crippen molar-refractivity contribution in [3.05, 3.63) is 34.6 Å². The van der Waals surface area contributed by atoms with Crippen LogP contribution in [0.5, 0.6) is 0 Å². The average molecular weight is 308 g/mol. The van der Waals surface area contributed by atoms with Crippen LogP contribution in [-0.2, 0) is 0 Å². The van der Waals surface area contributed by atoms with E-state index in [9.17, 15) is 0 Å². The summed E-state index contributed by atoms with van der Waals surface area (Å²) < 4.78 is 6.37. The normalized spacial score (nSPS) is 19.9. The summed E-state index contributed by atoms with van der Waals surface area (Å²) in [5.41, 5.74) is 0.952. The second-order valence-electron chi connectivity index (χ2n) is 4.47. The fourth-order valence-corrected chi connectivity index (χ4v) is 2.42. The van der Waals surface area contributed by atoms with Gasteiger partial charge in [0.05, 0.1) is 6.04 Å². The molecular formula is C13H14BrN3O. The van der Waals surface area contributed by atoms with Gasteiger partial charge in [-0.2, -0.15) is 4.98 Å². The van der Waals surface area contributed by atoms with E-state index in [0.717, 1.165) is 28.8 Å². The SMILES string of the molecule is Brc1ccc(-c2nc([C@H]3CCCCN3)no2)cc1. The van der Waals surface area contributed by atoms with Gasteiger partial charge < -0.3 is 9.84 Å². The Kier molecular flexibility index (Phi) is 3.43. The minimum absolute atomic E-state index is 0.242. The van der Waals surface area contributed by atoms with E-state index in [1.807, 2.05) is 24.3 Å². The number of halogens is 1. The molecule has 1 aromatic carbocycles. The Labute approximate surface area is 114 Å². The third-order valence-electron chi connectivity index (χ3n) is 3.15. The summed E-state index contributed by atoms with van der Waals surface area (Å²) in [5, 5.41) is 7.50. The number of nitrogens with zero attached hydrogens (tertiary/aromatic N) is 2. The molecule has 4 nitrogen and oxygen atoms in total. The van der Waals surface area contributed by atoms with Crippen molar-refractivity contribution < 1.29 is 4.52 Å². The number of hydrogen-bond donors (Lipinski definition) is 1. The van der Waals surface area contributed by atoms with Crippen molar-refractivity contribution in [1.29, 1.82) is 0 Å². The quantitative estimate of drug-likeness (QED) is 0.924. The van der Waals surface area contributed by atoms with Crippen LogP contribution < -0.4 is 5.32 Å². The lowest BCUT2D eigenvalue weighted by molar-refractivity contribution is 0.367. The van der Waals surface area contributed by atoms with E-state index in [1.165, 1.54) is 12.8 Å². The van der Waals surface area contributed by atoms with Crippen molar-refractivity contribution in [3.8, 4) is 11.5 Å². The lowest BCUT2D eigenvalue weighted by Gasteiger charge is -2.19. The highest BCUT2D eigenvalue weighted by molar-refractivity contribution is 9.10. The first kappa shape index (κ1) is 11.9. The number of benzene rings is 1. The molecule has 2 aromatic rings. The Balaban J connectivity index is 1.82. The fourth-order valence-electron chi connectivity index (χ4n) is 2.16. The van der Waals surface area contributed by atoms with Crippen LogP contribution in [0.25, 0.3) is 11.5 Å². The molecule has 2 heterocycles. The molecule has 0 radical (unpaired) electrons. The van der Waals surface area contributed by atoms with Gasteiger partial charge in [-0.1, -0.05) is 27.5 Å². The molecule has 0 unspecified atom stereocenters. The van der Waals surface area contributed by atoms with Crippen LogP contribution >= 0.6 is 15.9 Å². The highest BCUT2D eigenvalue weighted by Gasteiger charge is 2.20. The summed E-state index contributed by atoms with van der Waals surface area (Å²) in [5.74, 6) is 1.36. The molecule has 18 heavy (non-hydrogen) atoms. The first-order valence-electron chi connectivity index (χ1n) is 6.16. The fraction of sp³-hybridized carbons (Fsp3) is 0.385. The van der Waals surface area contributed by atoms with Crippen LogP contribution in [0.15, 0.2) is 33.3 Å². The van der Waals surface area contributed by atoms with Gasteiger partial charge >= 0.3 is 0 Å². The van der Waals surface area contributed by atoms with Crippen LogP contribution in [0.2, 0.25) is 0 Å². The van der Waals surface area contributed by atoms with Crippen LogP contribution in [0, 0.1) is 0 Å². The Morgan fingerprint density at radius 3 is 2.78 bits per heavy atom. The highest BCUT2D eigenvalue weighted by atomic mass is 79.9. The first-order valence-corrected chi connectivity index (χ1v) is 6.95. The zero-order valence-electron chi connectivity index (χ0n) is 9.90. The van der Waals surface area contributed by atoms with Gasteiger partial charge in [0.25, 0.3) is 5.89 Å². The maximum absolute atomic E-state index is 5.33. The second-order valence-corrected chi connectivity index (χ2v) is 5.38. The van der Waals surface area contributed by atoms with E-state index in [0.29, 0.717) is 5.89 Å². The van der Waals surface area contributed by atoms with Gasteiger partial charge in [0.1, 0.15) is 0 Å². The van der Waals surface area contributed by atoms with Gasteiger partial charge in [-0.05, 0) is 43.7 Å². The van der Waals surface area contributed by atoms with E-state index in [1.54, 1.807) is 0 Å². The molecule has 1 aliphatic rings. The first-order chi connectivity index (χ1) is 8.83. The third kappa shape index (κ3) is 2.47. The molecule has 0 bridgehead atoms. The summed E-state index contributed by atoms with van der Waals surface area (Å²) in [6.07, 6.45) is 3.53. The van der Waals surface area contributed by atoms with Crippen molar-refractivity contribution in [2.75, 3.05) is 6.54 Å². The van der Waals surface area contributed by atoms with E-state index >= 15 is 0 Å². The average Bonchev–Trinajstić information content (AvgIpc) is 2.90. The Morgan fingerprint density at radius 2 is 2.06 bits per heavy atom. The number of rotatable bonds is 2. The lowest BCUT2D eigenvalue weighted by atomic mass is 10.0. The molecule has 0 aliphatic carbocycles. The molecule has 94 valence electrons. The van der Waals surface area contributed by atoms with Crippen LogP contribution in [-0.4, -0.2) is 16.7 Å². The minimum Gasteiger partial charge on any atom is -0.334 e. The highest BCUT2D eigenvalue weighted by Crippen LogP contribution is 2.24. The molecule has 0 spiro atoms. The predicted octanol–water partition coefficient (Wildman–Crippen LogP) is 3.31. The molecule has 1 fully saturated rings. The summed E-state index contributed by atoms with van der Waals surface area (Å²) in [4.78, 5) is 4.48. The minimum atomic E-state index is 0.242. The molecule has 0 amide bonds.